The van der Waals surface area contributed by atoms with Crippen molar-refractivity contribution >= 4 is 57.5 Å². The van der Waals surface area contributed by atoms with Crippen molar-refractivity contribution in [2.45, 2.75) is 30.4 Å². The molecule has 0 fully saturated rings. The van der Waals surface area contributed by atoms with E-state index in [0.717, 1.165) is 34.9 Å². The molecule has 0 radical (unpaired) electrons. The average Bonchev–Trinajstić information content (AvgIpc) is 3.38. The zero-order valence-electron chi connectivity index (χ0n) is 22.5. The molecule has 1 heterocycles. The lowest BCUT2D eigenvalue weighted by Crippen LogP contribution is -2.24. The van der Waals surface area contributed by atoms with Gasteiger partial charge in [0.2, 0.25) is 5.91 Å². The van der Waals surface area contributed by atoms with Gasteiger partial charge in [0.1, 0.15) is 11.1 Å². The monoisotopic (exact) mass is 599 g/mol. The van der Waals surface area contributed by atoms with Gasteiger partial charge in [-0.05, 0) is 55.3 Å². The van der Waals surface area contributed by atoms with Crippen LogP contribution in [0, 0.1) is 18.3 Å². The van der Waals surface area contributed by atoms with Crippen molar-refractivity contribution < 1.29 is 29.4 Å². The van der Waals surface area contributed by atoms with Gasteiger partial charge in [-0.25, -0.2) is 9.59 Å². The number of aryl methyl sites for hydroxylation is 1. The average molecular weight is 600 g/mol. The number of carbonyl (C=O) groups excluding carboxylic acids is 2. The maximum Gasteiger partial charge on any atom is 0.336 e. The van der Waals surface area contributed by atoms with Crippen LogP contribution < -0.4 is 10.6 Å². The Kier molecular flexibility index (Phi) is 9.42. The molecule has 11 heteroatoms. The first kappa shape index (κ1) is 30.0. The summed E-state index contributed by atoms with van der Waals surface area (Å²) in [7, 11) is 0. The number of rotatable bonds is 10. The van der Waals surface area contributed by atoms with E-state index in [0.29, 0.717) is 27.6 Å². The summed E-state index contributed by atoms with van der Waals surface area (Å²) < 4.78 is 0. The van der Waals surface area contributed by atoms with E-state index in [1.807, 2.05) is 43.5 Å². The van der Waals surface area contributed by atoms with Gasteiger partial charge >= 0.3 is 11.9 Å². The highest BCUT2D eigenvalue weighted by atomic mass is 32.2. The van der Waals surface area contributed by atoms with Crippen molar-refractivity contribution in [3.05, 3.63) is 99.9 Å². The van der Waals surface area contributed by atoms with Crippen LogP contribution in [0.5, 0.6) is 0 Å². The van der Waals surface area contributed by atoms with Gasteiger partial charge in [0, 0.05) is 21.5 Å². The second-order valence-electron chi connectivity index (χ2n) is 9.19. The predicted octanol–water partition coefficient (Wildman–Crippen LogP) is 6.75. The summed E-state index contributed by atoms with van der Waals surface area (Å²) in [6, 6.07) is 20.0. The van der Waals surface area contributed by atoms with E-state index < -0.39 is 28.7 Å². The summed E-state index contributed by atoms with van der Waals surface area (Å²) in [4.78, 5) is 49.7. The Morgan fingerprint density at radius 1 is 0.952 bits per heavy atom. The number of thioether (sulfide) groups is 1. The first-order valence-electron chi connectivity index (χ1n) is 12.7. The van der Waals surface area contributed by atoms with Crippen LogP contribution in [0.1, 0.15) is 55.5 Å². The molecule has 4 aromatic rings. The van der Waals surface area contributed by atoms with Gasteiger partial charge in [-0.3, -0.25) is 9.59 Å². The SMILES string of the molecule is CCC(Sc1cccc(NC(=O)c2ccc(C(=O)O)cc2C(=O)O)c1)C(=O)Nc1scc(-c2ccc(C)cc2)c1C#N. The van der Waals surface area contributed by atoms with Crippen molar-refractivity contribution in [1.82, 2.24) is 0 Å². The second-order valence-corrected chi connectivity index (χ2v) is 11.3. The number of nitrogens with one attached hydrogen (secondary N) is 2. The molecule has 42 heavy (non-hydrogen) atoms. The van der Waals surface area contributed by atoms with Crippen LogP contribution in [0.15, 0.2) is 77.0 Å². The zero-order valence-corrected chi connectivity index (χ0v) is 24.1. The number of carboxylic acid groups (broad SMARTS) is 2. The van der Waals surface area contributed by atoms with Crippen LogP contribution in [0.4, 0.5) is 10.7 Å². The third-order valence-electron chi connectivity index (χ3n) is 6.28. The fraction of sp³-hybridized carbons (Fsp3) is 0.129. The molecule has 2 amide bonds. The highest BCUT2D eigenvalue weighted by Gasteiger charge is 2.23. The summed E-state index contributed by atoms with van der Waals surface area (Å²) in [5.74, 6) is -3.73. The third-order valence-corrected chi connectivity index (χ3v) is 8.53. The maximum absolute atomic E-state index is 13.2. The largest absolute Gasteiger partial charge is 0.478 e. The van der Waals surface area contributed by atoms with Crippen molar-refractivity contribution in [3.63, 3.8) is 0 Å². The number of nitrogens with zero attached hydrogens (tertiary/aromatic N) is 1. The normalized spacial score (nSPS) is 11.3. The standard InChI is InChI=1S/C31H25N3O6S2/c1-3-26(28(36)34-29-24(15-32)25(16-41-29)18-9-7-17(2)8-10-18)42-21-6-4-5-20(14-21)33-27(35)22-12-11-19(30(37)38)13-23(22)31(39)40/h4-14,16,26H,3H2,1-2H3,(H,33,35)(H,34,36)(H,37,38)(H,39,40). The molecule has 0 bridgehead atoms. The van der Waals surface area contributed by atoms with Crippen LogP contribution >= 0.6 is 23.1 Å². The lowest BCUT2D eigenvalue weighted by molar-refractivity contribution is -0.115. The van der Waals surface area contributed by atoms with Gasteiger partial charge in [-0.2, -0.15) is 5.26 Å². The Bertz CT molecular complexity index is 1720. The molecule has 0 aliphatic heterocycles. The van der Waals surface area contributed by atoms with Crippen molar-refractivity contribution in [1.29, 1.82) is 5.26 Å². The van der Waals surface area contributed by atoms with E-state index in [9.17, 15) is 29.5 Å². The van der Waals surface area contributed by atoms with Crippen molar-refractivity contribution in [3.8, 4) is 17.2 Å². The molecule has 3 aromatic carbocycles. The topological polar surface area (TPSA) is 157 Å². The fourth-order valence-corrected chi connectivity index (χ4v) is 6.02. The smallest absolute Gasteiger partial charge is 0.336 e. The molecule has 4 N–H and O–H groups in total. The van der Waals surface area contributed by atoms with Crippen LogP contribution in [-0.2, 0) is 4.79 Å². The molecule has 4 rings (SSSR count). The number of amides is 2. The fourth-order valence-electron chi connectivity index (χ4n) is 4.08. The highest BCUT2D eigenvalue weighted by molar-refractivity contribution is 8.00. The summed E-state index contributed by atoms with van der Waals surface area (Å²) in [5.41, 5.74) is 2.65. The summed E-state index contributed by atoms with van der Waals surface area (Å²) in [6.45, 7) is 3.85. The number of benzene rings is 3. The molecule has 0 aliphatic rings. The van der Waals surface area contributed by atoms with Crippen LogP contribution in [0.3, 0.4) is 0 Å². The Labute approximate surface area is 249 Å². The second kappa shape index (κ2) is 13.2. The molecule has 1 aromatic heterocycles. The minimum absolute atomic E-state index is 0.189. The van der Waals surface area contributed by atoms with Crippen LogP contribution in [-0.4, -0.2) is 39.2 Å². The van der Waals surface area contributed by atoms with E-state index in [2.05, 4.69) is 16.7 Å². The van der Waals surface area contributed by atoms with Crippen LogP contribution in [0.25, 0.3) is 11.1 Å². The molecule has 0 aliphatic carbocycles. The number of thiophene rings is 1. The molecule has 1 atom stereocenters. The third kappa shape index (κ3) is 6.86. The number of hydrogen-bond donors (Lipinski definition) is 4. The molecular formula is C31H25N3O6S2. The van der Waals surface area contributed by atoms with Crippen LogP contribution in [0.2, 0.25) is 0 Å². The first-order chi connectivity index (χ1) is 20.1. The van der Waals surface area contributed by atoms with Gasteiger partial charge in [0.05, 0.1) is 27.5 Å². The molecular weight excluding hydrogens is 574 g/mol. The van der Waals surface area contributed by atoms with Crippen molar-refractivity contribution in [2.24, 2.45) is 0 Å². The van der Waals surface area contributed by atoms with Gasteiger partial charge in [-0.1, -0.05) is 42.8 Å². The minimum Gasteiger partial charge on any atom is -0.478 e. The lowest BCUT2D eigenvalue weighted by atomic mass is 10.0. The van der Waals surface area contributed by atoms with E-state index in [1.165, 1.54) is 23.1 Å². The van der Waals surface area contributed by atoms with E-state index in [-0.39, 0.29) is 17.0 Å². The zero-order chi connectivity index (χ0) is 30.4. The minimum atomic E-state index is -1.43. The first-order valence-corrected chi connectivity index (χ1v) is 14.4. The number of carbonyl (C=O) groups is 4. The predicted molar refractivity (Wildman–Crippen MR) is 163 cm³/mol. The quantitative estimate of drug-likeness (QED) is 0.146. The van der Waals surface area contributed by atoms with E-state index in [1.54, 1.807) is 24.3 Å². The van der Waals surface area contributed by atoms with Gasteiger partial charge in [0.15, 0.2) is 0 Å². The summed E-state index contributed by atoms with van der Waals surface area (Å²) in [6.07, 6.45) is 0.489. The molecule has 212 valence electrons. The van der Waals surface area contributed by atoms with Gasteiger partial charge < -0.3 is 20.8 Å². The highest BCUT2D eigenvalue weighted by Crippen LogP contribution is 2.36. The lowest BCUT2D eigenvalue weighted by Gasteiger charge is -2.15. The van der Waals surface area contributed by atoms with Gasteiger partial charge in [0.25, 0.3) is 5.91 Å². The number of carboxylic acids is 2. The van der Waals surface area contributed by atoms with E-state index >= 15 is 0 Å². The molecule has 0 spiro atoms. The molecule has 0 saturated carbocycles. The Balaban J connectivity index is 1.48. The summed E-state index contributed by atoms with van der Waals surface area (Å²) in [5, 5.41) is 35.8. The Morgan fingerprint density at radius 2 is 1.69 bits per heavy atom. The Morgan fingerprint density at radius 3 is 2.33 bits per heavy atom. The molecule has 0 saturated heterocycles. The van der Waals surface area contributed by atoms with E-state index in [4.69, 9.17) is 5.11 Å². The van der Waals surface area contributed by atoms with Gasteiger partial charge in [-0.15, -0.1) is 23.1 Å². The number of hydrogen-bond acceptors (Lipinski definition) is 7. The molecule has 9 nitrogen and oxygen atoms in total. The maximum atomic E-state index is 13.2. The van der Waals surface area contributed by atoms with Crippen molar-refractivity contribution in [2.75, 3.05) is 10.6 Å². The Hall–Kier alpha value is -4.92. The number of aromatic carboxylic acids is 2. The summed E-state index contributed by atoms with van der Waals surface area (Å²) >= 11 is 2.57. The number of nitriles is 1. The molecule has 1 unspecified atom stereocenters. The number of anilines is 2.